The Hall–Kier alpha value is -1.97. The van der Waals surface area contributed by atoms with E-state index in [1.54, 1.807) is 31.4 Å². The maximum absolute atomic E-state index is 10.1. The van der Waals surface area contributed by atoms with E-state index < -0.39 is 5.97 Å². The van der Waals surface area contributed by atoms with Gasteiger partial charge in [-0.15, -0.1) is 0 Å². The van der Waals surface area contributed by atoms with Crippen LogP contribution in [-0.2, 0) is 4.79 Å². The van der Waals surface area contributed by atoms with E-state index in [-0.39, 0.29) is 0 Å². The molecule has 0 saturated heterocycles. The Morgan fingerprint density at radius 1 is 1.29 bits per heavy atom. The van der Waals surface area contributed by atoms with Gasteiger partial charge in [0.05, 0.1) is 19.4 Å². The number of aliphatic carboxylic acids is 1. The fraction of sp³-hybridized carbons (Fsp3) is 0.100. The first-order valence-corrected chi connectivity index (χ1v) is 3.92. The zero-order valence-corrected chi connectivity index (χ0v) is 7.64. The summed E-state index contributed by atoms with van der Waals surface area (Å²) < 4.78 is 9.94. The Balaban J connectivity index is 2.56. The minimum absolute atomic E-state index is 0.559. The molecule has 0 saturated carbocycles. The Kier molecular flexibility index (Phi) is 3.55. The van der Waals surface area contributed by atoms with Crippen molar-refractivity contribution in [3.63, 3.8) is 0 Å². The fourth-order valence-electron chi connectivity index (χ4n) is 0.825. The van der Waals surface area contributed by atoms with Crippen LogP contribution < -0.4 is 9.47 Å². The van der Waals surface area contributed by atoms with Gasteiger partial charge >= 0.3 is 5.97 Å². The minimum atomic E-state index is -1.04. The first kappa shape index (κ1) is 10.1. The van der Waals surface area contributed by atoms with Crippen molar-refractivity contribution in [3.05, 3.63) is 36.6 Å². The Morgan fingerprint density at radius 3 is 2.36 bits per heavy atom. The second-order valence-electron chi connectivity index (χ2n) is 2.43. The molecular formula is C10H10O4. The zero-order valence-electron chi connectivity index (χ0n) is 7.64. The predicted molar refractivity (Wildman–Crippen MR) is 50.4 cm³/mol. The van der Waals surface area contributed by atoms with Gasteiger partial charge in [0, 0.05) is 0 Å². The Morgan fingerprint density at radius 2 is 1.86 bits per heavy atom. The highest BCUT2D eigenvalue weighted by Gasteiger charge is 1.92. The minimum Gasteiger partial charge on any atom is -0.497 e. The molecule has 0 aliphatic rings. The molecule has 0 bridgehead atoms. The molecule has 14 heavy (non-hydrogen) atoms. The number of carboxylic acid groups (broad SMARTS) is 1. The molecule has 4 nitrogen and oxygen atoms in total. The molecule has 4 heteroatoms. The lowest BCUT2D eigenvalue weighted by Crippen LogP contribution is -1.89. The second-order valence-corrected chi connectivity index (χ2v) is 2.43. The van der Waals surface area contributed by atoms with Crippen molar-refractivity contribution < 1.29 is 19.4 Å². The van der Waals surface area contributed by atoms with Crippen LogP contribution in [-0.4, -0.2) is 18.2 Å². The lowest BCUT2D eigenvalue weighted by molar-refractivity contribution is -0.131. The fourth-order valence-corrected chi connectivity index (χ4v) is 0.825. The van der Waals surface area contributed by atoms with Gasteiger partial charge in [-0.1, -0.05) is 0 Å². The van der Waals surface area contributed by atoms with E-state index in [1.165, 1.54) is 0 Å². The van der Waals surface area contributed by atoms with Gasteiger partial charge in [-0.3, -0.25) is 0 Å². The number of benzene rings is 1. The van der Waals surface area contributed by atoms with Gasteiger partial charge in [-0.2, -0.15) is 0 Å². The summed E-state index contributed by atoms with van der Waals surface area (Å²) in [5, 5.41) is 8.29. The molecule has 1 rings (SSSR count). The average Bonchev–Trinajstić information content (AvgIpc) is 2.18. The Labute approximate surface area is 81.4 Å². The molecule has 0 aliphatic carbocycles. The lowest BCUT2D eigenvalue weighted by Gasteiger charge is -2.01. The topological polar surface area (TPSA) is 55.8 Å². The lowest BCUT2D eigenvalue weighted by atomic mass is 10.3. The maximum Gasteiger partial charge on any atom is 0.331 e. The average molecular weight is 194 g/mol. The monoisotopic (exact) mass is 194 g/mol. The largest absolute Gasteiger partial charge is 0.497 e. The van der Waals surface area contributed by atoms with Crippen LogP contribution in [0.15, 0.2) is 36.6 Å². The van der Waals surface area contributed by atoms with E-state index in [2.05, 4.69) is 0 Å². The molecule has 0 heterocycles. The third kappa shape index (κ3) is 3.18. The number of carboxylic acids is 1. The summed E-state index contributed by atoms with van der Waals surface area (Å²) >= 11 is 0. The van der Waals surface area contributed by atoms with E-state index in [0.717, 1.165) is 18.1 Å². The van der Waals surface area contributed by atoms with E-state index in [1.807, 2.05) is 0 Å². The molecule has 0 aromatic heterocycles. The highest BCUT2D eigenvalue weighted by Crippen LogP contribution is 2.16. The molecule has 0 fully saturated rings. The normalized spacial score (nSPS) is 10.1. The van der Waals surface area contributed by atoms with Gasteiger partial charge in [0.25, 0.3) is 0 Å². The predicted octanol–water partition coefficient (Wildman–Crippen LogP) is 1.67. The molecule has 1 aromatic carbocycles. The van der Waals surface area contributed by atoms with Gasteiger partial charge in [-0.25, -0.2) is 4.79 Å². The first-order chi connectivity index (χ1) is 6.72. The van der Waals surface area contributed by atoms with Gasteiger partial charge < -0.3 is 14.6 Å². The van der Waals surface area contributed by atoms with Crippen LogP contribution in [0.3, 0.4) is 0 Å². The molecule has 0 atom stereocenters. The van der Waals surface area contributed by atoms with Crippen LogP contribution in [0.2, 0.25) is 0 Å². The SMILES string of the molecule is COc1ccc(OC=CC(=O)O)cc1. The summed E-state index contributed by atoms with van der Waals surface area (Å²) in [7, 11) is 1.57. The summed E-state index contributed by atoms with van der Waals surface area (Å²) in [6.07, 6.45) is 2.04. The molecule has 0 amide bonds. The molecule has 0 radical (unpaired) electrons. The molecule has 1 N–H and O–H groups in total. The van der Waals surface area contributed by atoms with Crippen molar-refractivity contribution in [2.75, 3.05) is 7.11 Å². The summed E-state index contributed by atoms with van der Waals surface area (Å²) in [5.41, 5.74) is 0. The van der Waals surface area contributed by atoms with Gasteiger partial charge in [0.2, 0.25) is 0 Å². The third-order valence-corrected chi connectivity index (χ3v) is 1.47. The van der Waals surface area contributed by atoms with Crippen molar-refractivity contribution >= 4 is 5.97 Å². The summed E-state index contributed by atoms with van der Waals surface area (Å²) in [6.45, 7) is 0. The molecular weight excluding hydrogens is 184 g/mol. The van der Waals surface area contributed by atoms with Crippen LogP contribution in [0.25, 0.3) is 0 Å². The standard InChI is InChI=1S/C10H10O4/c1-13-8-2-4-9(5-3-8)14-7-6-10(11)12/h2-7H,1H3,(H,11,12). The summed E-state index contributed by atoms with van der Waals surface area (Å²) in [4.78, 5) is 10.1. The number of carbonyl (C=O) groups is 1. The molecule has 0 unspecified atom stereocenters. The molecule has 74 valence electrons. The highest BCUT2D eigenvalue weighted by molar-refractivity contribution is 5.79. The van der Waals surface area contributed by atoms with Crippen LogP contribution in [0.1, 0.15) is 0 Å². The second kappa shape index (κ2) is 4.91. The number of hydrogen-bond acceptors (Lipinski definition) is 3. The van der Waals surface area contributed by atoms with Crippen LogP contribution in [0.4, 0.5) is 0 Å². The molecule has 0 spiro atoms. The van der Waals surface area contributed by atoms with Crippen LogP contribution in [0, 0.1) is 0 Å². The van der Waals surface area contributed by atoms with E-state index in [9.17, 15) is 4.79 Å². The quantitative estimate of drug-likeness (QED) is 0.585. The van der Waals surface area contributed by atoms with E-state index >= 15 is 0 Å². The van der Waals surface area contributed by atoms with Crippen molar-refractivity contribution in [2.24, 2.45) is 0 Å². The first-order valence-electron chi connectivity index (χ1n) is 3.92. The Bertz CT molecular complexity index is 326. The van der Waals surface area contributed by atoms with Gasteiger partial charge in [0.15, 0.2) is 0 Å². The van der Waals surface area contributed by atoms with Gasteiger partial charge in [-0.05, 0) is 24.3 Å². The smallest absolute Gasteiger partial charge is 0.331 e. The molecule has 0 aliphatic heterocycles. The molecule has 1 aromatic rings. The number of methoxy groups -OCH3 is 1. The van der Waals surface area contributed by atoms with Crippen molar-refractivity contribution in [1.82, 2.24) is 0 Å². The summed E-state index contributed by atoms with van der Waals surface area (Å²) in [6, 6.07) is 6.82. The van der Waals surface area contributed by atoms with Crippen molar-refractivity contribution in [3.8, 4) is 11.5 Å². The highest BCUT2D eigenvalue weighted by atomic mass is 16.5. The number of ether oxygens (including phenoxy) is 2. The zero-order chi connectivity index (χ0) is 10.4. The van der Waals surface area contributed by atoms with Crippen molar-refractivity contribution in [2.45, 2.75) is 0 Å². The van der Waals surface area contributed by atoms with Crippen LogP contribution >= 0.6 is 0 Å². The van der Waals surface area contributed by atoms with E-state index in [4.69, 9.17) is 14.6 Å². The maximum atomic E-state index is 10.1. The summed E-state index contributed by atoms with van der Waals surface area (Å²) in [5.74, 6) is 0.237. The number of rotatable bonds is 4. The third-order valence-electron chi connectivity index (χ3n) is 1.47. The van der Waals surface area contributed by atoms with Crippen LogP contribution in [0.5, 0.6) is 11.5 Å². The van der Waals surface area contributed by atoms with E-state index in [0.29, 0.717) is 5.75 Å². The van der Waals surface area contributed by atoms with Gasteiger partial charge in [0.1, 0.15) is 11.5 Å². The van der Waals surface area contributed by atoms with Crippen molar-refractivity contribution in [1.29, 1.82) is 0 Å². The number of hydrogen-bond donors (Lipinski definition) is 1.